The summed E-state index contributed by atoms with van der Waals surface area (Å²) >= 11 is 18.6. The lowest BCUT2D eigenvalue weighted by molar-refractivity contribution is -0.140. The molecule has 2 atom stereocenters. The molecule has 0 aliphatic carbocycles. The third-order valence-electron chi connectivity index (χ3n) is 7.33. The van der Waals surface area contributed by atoms with Gasteiger partial charge in [-0.05, 0) is 73.0 Å². The normalized spacial score (nSPS) is 12.6. The van der Waals surface area contributed by atoms with Gasteiger partial charge in [0.25, 0.3) is 10.0 Å². The Bertz CT molecular complexity index is 1710. The smallest absolute Gasteiger partial charge is 0.264 e. The van der Waals surface area contributed by atoms with Crippen LogP contribution in [-0.4, -0.2) is 43.8 Å². The van der Waals surface area contributed by atoms with Crippen molar-refractivity contribution < 1.29 is 18.0 Å². The van der Waals surface area contributed by atoms with E-state index in [0.29, 0.717) is 27.1 Å². The predicted molar refractivity (Wildman–Crippen MR) is 181 cm³/mol. The molecule has 0 aliphatic heterocycles. The number of nitrogens with zero attached hydrogens (tertiary/aromatic N) is 2. The molecule has 7 nitrogen and oxygen atoms in total. The third kappa shape index (κ3) is 9.01. The summed E-state index contributed by atoms with van der Waals surface area (Å²) in [4.78, 5) is 29.8. The molecular weight excluding hydrogens is 653 g/mol. The van der Waals surface area contributed by atoms with Gasteiger partial charge in [0.15, 0.2) is 0 Å². The fraction of sp³-hybridized carbons (Fsp3) is 0.235. The molecule has 0 radical (unpaired) electrons. The first kappa shape index (κ1) is 34.3. The van der Waals surface area contributed by atoms with Crippen LogP contribution < -0.4 is 9.62 Å². The lowest BCUT2D eigenvalue weighted by Gasteiger charge is -2.34. The fourth-order valence-corrected chi connectivity index (χ4v) is 6.57. The number of hydrogen-bond acceptors (Lipinski definition) is 4. The summed E-state index contributed by atoms with van der Waals surface area (Å²) < 4.78 is 29.0. The molecule has 2 amide bonds. The summed E-state index contributed by atoms with van der Waals surface area (Å²) in [6.07, 6.45) is 0.882. The maximum Gasteiger partial charge on any atom is 0.264 e. The van der Waals surface area contributed by atoms with Crippen molar-refractivity contribution in [3.8, 4) is 0 Å². The Kier molecular flexibility index (Phi) is 11.9. The van der Waals surface area contributed by atoms with Crippen LogP contribution in [0.25, 0.3) is 0 Å². The summed E-state index contributed by atoms with van der Waals surface area (Å²) in [6.45, 7) is 3.23. The Morgan fingerprint density at radius 1 is 0.800 bits per heavy atom. The molecule has 4 aromatic carbocycles. The van der Waals surface area contributed by atoms with E-state index in [1.807, 2.05) is 44.2 Å². The summed E-state index contributed by atoms with van der Waals surface area (Å²) in [7, 11) is -4.20. The second-order valence-electron chi connectivity index (χ2n) is 10.6. The lowest BCUT2D eigenvalue weighted by atomic mass is 10.0. The number of carbonyl (C=O) groups excluding carboxylic acids is 2. The van der Waals surface area contributed by atoms with Crippen molar-refractivity contribution in [2.24, 2.45) is 0 Å². The van der Waals surface area contributed by atoms with Gasteiger partial charge in [0.1, 0.15) is 12.6 Å². The Hall–Kier alpha value is -3.56. The van der Waals surface area contributed by atoms with Gasteiger partial charge in [-0.1, -0.05) is 96.3 Å². The molecule has 0 aromatic heterocycles. The molecule has 1 N–H and O–H groups in total. The molecule has 4 aromatic rings. The highest BCUT2D eigenvalue weighted by atomic mass is 35.5. The van der Waals surface area contributed by atoms with Gasteiger partial charge in [-0.15, -0.1) is 0 Å². The number of hydrogen-bond donors (Lipinski definition) is 1. The minimum atomic E-state index is -4.20. The second-order valence-corrected chi connectivity index (χ2v) is 13.7. The van der Waals surface area contributed by atoms with Crippen molar-refractivity contribution in [1.82, 2.24) is 10.2 Å². The van der Waals surface area contributed by atoms with Crippen LogP contribution in [-0.2, 0) is 32.6 Å². The molecule has 0 bridgehead atoms. The van der Waals surface area contributed by atoms with Crippen molar-refractivity contribution >= 4 is 62.3 Å². The SMILES string of the molecule is CC[C@@H](C)NC(=O)[C@H](Cc1ccccc1)N(Cc1ccc(Cl)c(Cl)c1)C(=O)CN(c1ccc(Cl)cc1)S(=O)(=O)c1ccccc1. The Labute approximate surface area is 279 Å². The minimum Gasteiger partial charge on any atom is -0.352 e. The van der Waals surface area contributed by atoms with E-state index in [-0.39, 0.29) is 35.5 Å². The lowest BCUT2D eigenvalue weighted by Crippen LogP contribution is -2.54. The van der Waals surface area contributed by atoms with Crippen LogP contribution in [0.2, 0.25) is 15.1 Å². The molecule has 0 spiro atoms. The molecule has 0 unspecified atom stereocenters. The molecular formula is C34H34Cl3N3O4S. The van der Waals surface area contributed by atoms with Crippen LogP contribution in [0, 0.1) is 0 Å². The predicted octanol–water partition coefficient (Wildman–Crippen LogP) is 7.40. The first-order chi connectivity index (χ1) is 21.5. The molecule has 0 aliphatic rings. The van der Waals surface area contributed by atoms with Crippen LogP contribution in [0.1, 0.15) is 31.4 Å². The zero-order valence-corrected chi connectivity index (χ0v) is 28.0. The number of sulfonamides is 1. The number of benzene rings is 4. The summed E-state index contributed by atoms with van der Waals surface area (Å²) in [5.74, 6) is -0.943. The second kappa shape index (κ2) is 15.6. The molecule has 45 heavy (non-hydrogen) atoms. The fourth-order valence-electron chi connectivity index (χ4n) is 4.69. The highest BCUT2D eigenvalue weighted by Crippen LogP contribution is 2.28. The quantitative estimate of drug-likeness (QED) is 0.159. The first-order valence-corrected chi connectivity index (χ1v) is 17.0. The Balaban J connectivity index is 1.81. The van der Waals surface area contributed by atoms with E-state index in [2.05, 4.69) is 5.32 Å². The van der Waals surface area contributed by atoms with Gasteiger partial charge in [-0.2, -0.15) is 0 Å². The van der Waals surface area contributed by atoms with Crippen LogP contribution >= 0.6 is 34.8 Å². The van der Waals surface area contributed by atoms with Crippen molar-refractivity contribution in [2.45, 2.75) is 50.2 Å². The maximum atomic E-state index is 14.5. The summed E-state index contributed by atoms with van der Waals surface area (Å²) in [5.41, 5.74) is 1.70. The van der Waals surface area contributed by atoms with Gasteiger partial charge in [0, 0.05) is 24.0 Å². The van der Waals surface area contributed by atoms with E-state index in [9.17, 15) is 18.0 Å². The minimum absolute atomic E-state index is 0.0131. The topological polar surface area (TPSA) is 86.8 Å². The molecule has 0 saturated heterocycles. The van der Waals surface area contributed by atoms with E-state index in [0.717, 1.165) is 9.87 Å². The van der Waals surface area contributed by atoms with Gasteiger partial charge in [0.05, 0.1) is 20.6 Å². The van der Waals surface area contributed by atoms with Gasteiger partial charge in [-0.3, -0.25) is 13.9 Å². The average Bonchev–Trinajstić information content (AvgIpc) is 3.04. The Morgan fingerprint density at radius 2 is 1.42 bits per heavy atom. The molecule has 0 fully saturated rings. The van der Waals surface area contributed by atoms with Crippen LogP contribution in [0.3, 0.4) is 0 Å². The highest BCUT2D eigenvalue weighted by Gasteiger charge is 2.35. The van der Waals surface area contributed by atoms with E-state index < -0.39 is 28.5 Å². The van der Waals surface area contributed by atoms with Crippen molar-refractivity contribution in [1.29, 1.82) is 0 Å². The molecule has 236 valence electrons. The van der Waals surface area contributed by atoms with Crippen molar-refractivity contribution in [2.75, 3.05) is 10.8 Å². The molecule has 4 rings (SSSR count). The summed E-state index contributed by atoms with van der Waals surface area (Å²) in [6, 6.07) is 27.2. The van der Waals surface area contributed by atoms with Crippen molar-refractivity contribution in [3.63, 3.8) is 0 Å². The number of anilines is 1. The zero-order valence-electron chi connectivity index (χ0n) is 24.9. The van der Waals surface area contributed by atoms with Crippen LogP contribution in [0.4, 0.5) is 5.69 Å². The van der Waals surface area contributed by atoms with Gasteiger partial charge in [0.2, 0.25) is 11.8 Å². The summed E-state index contributed by atoms with van der Waals surface area (Å²) in [5, 5.41) is 4.06. The average molecular weight is 687 g/mol. The number of rotatable bonds is 13. The number of nitrogens with one attached hydrogen (secondary N) is 1. The van der Waals surface area contributed by atoms with E-state index in [1.165, 1.54) is 29.2 Å². The van der Waals surface area contributed by atoms with Crippen LogP contribution in [0.15, 0.2) is 108 Å². The van der Waals surface area contributed by atoms with Crippen LogP contribution in [0.5, 0.6) is 0 Å². The third-order valence-corrected chi connectivity index (χ3v) is 10.1. The van der Waals surface area contributed by atoms with E-state index in [1.54, 1.807) is 48.5 Å². The zero-order chi connectivity index (χ0) is 32.6. The van der Waals surface area contributed by atoms with Crippen molar-refractivity contribution in [3.05, 3.63) is 129 Å². The largest absolute Gasteiger partial charge is 0.352 e. The number of carbonyl (C=O) groups is 2. The monoisotopic (exact) mass is 685 g/mol. The van der Waals surface area contributed by atoms with Gasteiger partial charge < -0.3 is 10.2 Å². The molecule has 0 heterocycles. The van der Waals surface area contributed by atoms with E-state index >= 15 is 0 Å². The van der Waals surface area contributed by atoms with Gasteiger partial charge in [-0.25, -0.2) is 8.42 Å². The number of halogens is 3. The van der Waals surface area contributed by atoms with Gasteiger partial charge >= 0.3 is 0 Å². The molecule has 11 heteroatoms. The molecule has 0 saturated carbocycles. The number of amides is 2. The Morgan fingerprint density at radius 3 is 2.02 bits per heavy atom. The standard InChI is InChI=1S/C34H34Cl3N3O4S/c1-3-24(2)38-34(42)32(21-25-10-6-4-7-11-25)39(22-26-14-19-30(36)31(37)20-26)33(41)23-40(28-17-15-27(35)16-18-28)45(43,44)29-12-8-5-9-13-29/h4-20,24,32H,3,21-23H2,1-2H3,(H,38,42)/t24-,32+/m1/s1. The first-order valence-electron chi connectivity index (χ1n) is 14.4. The highest BCUT2D eigenvalue weighted by molar-refractivity contribution is 7.92. The maximum absolute atomic E-state index is 14.5. The van der Waals surface area contributed by atoms with E-state index in [4.69, 9.17) is 34.8 Å².